The maximum atomic E-state index is 11.7. The fourth-order valence-corrected chi connectivity index (χ4v) is 1.57. The molecule has 1 N–H and O–H groups in total. The first kappa shape index (κ1) is 11.0. The number of hydrogen-bond donors (Lipinski definition) is 1. The molecule has 1 aliphatic rings. The number of benzene rings is 1. The highest BCUT2D eigenvalue weighted by atomic mass is 16.6. The molecule has 1 aromatic carbocycles. The molecule has 1 aromatic rings. The maximum absolute atomic E-state index is 11.7. The van der Waals surface area contributed by atoms with Crippen LogP contribution in [0.5, 0.6) is 11.5 Å². The van der Waals surface area contributed by atoms with Crippen LogP contribution < -0.4 is 9.47 Å². The first-order valence-corrected chi connectivity index (χ1v) is 5.34. The topological polar surface area (TPSA) is 55.8 Å². The van der Waals surface area contributed by atoms with Crippen LogP contribution in [0.15, 0.2) is 18.2 Å². The van der Waals surface area contributed by atoms with Crippen LogP contribution in [-0.4, -0.2) is 30.2 Å². The molecular formula is C12H14O4. The van der Waals surface area contributed by atoms with Crippen molar-refractivity contribution in [1.82, 2.24) is 0 Å². The molecule has 1 unspecified atom stereocenters. The van der Waals surface area contributed by atoms with Gasteiger partial charge in [-0.3, -0.25) is 4.79 Å². The number of aliphatic hydroxyl groups is 1. The maximum Gasteiger partial charge on any atom is 0.191 e. The Kier molecular flexibility index (Phi) is 3.10. The number of Topliss-reactive ketones (excluding diaryl/α,β-unsaturated/α-hetero) is 1. The van der Waals surface area contributed by atoms with E-state index in [2.05, 4.69) is 0 Å². The van der Waals surface area contributed by atoms with E-state index >= 15 is 0 Å². The van der Waals surface area contributed by atoms with Crippen molar-refractivity contribution in [3.8, 4) is 11.5 Å². The fourth-order valence-electron chi connectivity index (χ4n) is 1.57. The third-order valence-corrected chi connectivity index (χ3v) is 2.52. The van der Waals surface area contributed by atoms with E-state index in [1.165, 1.54) is 0 Å². The van der Waals surface area contributed by atoms with Gasteiger partial charge in [0.1, 0.15) is 19.3 Å². The van der Waals surface area contributed by atoms with Crippen molar-refractivity contribution >= 4 is 5.78 Å². The van der Waals surface area contributed by atoms with Crippen molar-refractivity contribution in [2.75, 3.05) is 13.2 Å². The lowest BCUT2D eigenvalue weighted by atomic mass is 10.0. The molecule has 0 aromatic heterocycles. The van der Waals surface area contributed by atoms with E-state index in [1.54, 1.807) is 25.1 Å². The zero-order chi connectivity index (χ0) is 11.5. The zero-order valence-electron chi connectivity index (χ0n) is 9.10. The minimum Gasteiger partial charge on any atom is -0.486 e. The highest BCUT2D eigenvalue weighted by Gasteiger charge is 2.18. The molecule has 0 saturated heterocycles. The van der Waals surface area contributed by atoms with Crippen LogP contribution in [0, 0.1) is 0 Å². The highest BCUT2D eigenvalue weighted by molar-refractivity contribution is 5.99. The summed E-state index contributed by atoms with van der Waals surface area (Å²) in [5.74, 6) is 0.939. The van der Waals surface area contributed by atoms with E-state index < -0.39 is 6.10 Å². The van der Waals surface area contributed by atoms with E-state index in [0.29, 0.717) is 36.7 Å². The quantitative estimate of drug-likeness (QED) is 0.786. The third kappa shape index (κ3) is 2.02. The Morgan fingerprint density at radius 1 is 1.38 bits per heavy atom. The van der Waals surface area contributed by atoms with Gasteiger partial charge in [-0.25, -0.2) is 0 Å². The zero-order valence-corrected chi connectivity index (χ0v) is 9.10. The molecule has 0 radical (unpaired) electrons. The van der Waals surface area contributed by atoms with Crippen molar-refractivity contribution in [3.05, 3.63) is 23.8 Å². The number of ketones is 1. The minimum atomic E-state index is -0.942. The average molecular weight is 222 g/mol. The van der Waals surface area contributed by atoms with Gasteiger partial charge in [-0.05, 0) is 24.6 Å². The highest BCUT2D eigenvalue weighted by Crippen LogP contribution is 2.31. The lowest BCUT2D eigenvalue weighted by Gasteiger charge is -2.19. The van der Waals surface area contributed by atoms with Gasteiger partial charge in [0.25, 0.3) is 0 Å². The summed E-state index contributed by atoms with van der Waals surface area (Å²) in [7, 11) is 0. The summed E-state index contributed by atoms with van der Waals surface area (Å²) >= 11 is 0. The first-order valence-electron chi connectivity index (χ1n) is 5.34. The Hall–Kier alpha value is -1.55. The average Bonchev–Trinajstić information content (AvgIpc) is 2.36. The van der Waals surface area contributed by atoms with Gasteiger partial charge in [0.2, 0.25) is 0 Å². The molecule has 0 spiro atoms. The molecule has 86 valence electrons. The van der Waals surface area contributed by atoms with Crippen LogP contribution in [0.3, 0.4) is 0 Å². The summed E-state index contributed by atoms with van der Waals surface area (Å²) in [4.78, 5) is 11.7. The number of rotatable bonds is 3. The van der Waals surface area contributed by atoms with Crippen LogP contribution in [0.25, 0.3) is 0 Å². The molecule has 1 aliphatic heterocycles. The van der Waals surface area contributed by atoms with Crippen LogP contribution in [0.4, 0.5) is 0 Å². The third-order valence-electron chi connectivity index (χ3n) is 2.52. The molecule has 0 bridgehead atoms. The Balaban J connectivity index is 2.26. The van der Waals surface area contributed by atoms with Gasteiger partial charge in [-0.2, -0.15) is 0 Å². The molecule has 4 nitrogen and oxygen atoms in total. The predicted molar refractivity (Wildman–Crippen MR) is 58.1 cm³/mol. The van der Waals surface area contributed by atoms with Gasteiger partial charge in [0.05, 0.1) is 0 Å². The number of carbonyl (C=O) groups excluding carboxylic acids is 1. The van der Waals surface area contributed by atoms with Gasteiger partial charge in [0, 0.05) is 5.56 Å². The van der Waals surface area contributed by atoms with Gasteiger partial charge >= 0.3 is 0 Å². The smallest absolute Gasteiger partial charge is 0.191 e. The van der Waals surface area contributed by atoms with E-state index in [9.17, 15) is 9.90 Å². The van der Waals surface area contributed by atoms with E-state index in [0.717, 1.165) is 0 Å². The molecule has 4 heteroatoms. The lowest BCUT2D eigenvalue weighted by Crippen LogP contribution is -2.20. The summed E-state index contributed by atoms with van der Waals surface area (Å²) in [5, 5.41) is 9.46. The number of aliphatic hydroxyl groups excluding tert-OH is 1. The molecule has 1 atom stereocenters. The van der Waals surface area contributed by atoms with Crippen molar-refractivity contribution in [1.29, 1.82) is 0 Å². The molecule has 16 heavy (non-hydrogen) atoms. The van der Waals surface area contributed by atoms with Crippen LogP contribution in [0.2, 0.25) is 0 Å². The van der Waals surface area contributed by atoms with E-state index in [-0.39, 0.29) is 5.78 Å². The number of fused-ring (bicyclic) bond motifs is 1. The van der Waals surface area contributed by atoms with Gasteiger partial charge in [-0.15, -0.1) is 0 Å². The van der Waals surface area contributed by atoms with Gasteiger partial charge in [-0.1, -0.05) is 6.92 Å². The number of carbonyl (C=O) groups is 1. The Labute approximate surface area is 93.8 Å². The fraction of sp³-hybridized carbons (Fsp3) is 0.417. The van der Waals surface area contributed by atoms with E-state index in [1.807, 2.05) is 0 Å². The van der Waals surface area contributed by atoms with Crippen molar-refractivity contribution in [2.24, 2.45) is 0 Å². The Morgan fingerprint density at radius 2 is 2.06 bits per heavy atom. The SMILES string of the molecule is CCC(O)C(=O)c1ccc2c(c1)OCCO2. The monoisotopic (exact) mass is 222 g/mol. The molecule has 0 aliphatic carbocycles. The Morgan fingerprint density at radius 3 is 2.75 bits per heavy atom. The van der Waals surface area contributed by atoms with Crippen LogP contribution >= 0.6 is 0 Å². The van der Waals surface area contributed by atoms with Crippen molar-refractivity contribution < 1.29 is 19.4 Å². The summed E-state index contributed by atoms with van der Waals surface area (Å²) < 4.78 is 10.7. The van der Waals surface area contributed by atoms with Gasteiger partial charge < -0.3 is 14.6 Å². The van der Waals surface area contributed by atoms with Gasteiger partial charge in [0.15, 0.2) is 17.3 Å². The standard InChI is InChI=1S/C12H14O4/c1-2-9(13)12(14)8-3-4-10-11(7-8)16-6-5-15-10/h3-4,7,9,13H,2,5-6H2,1H3. The van der Waals surface area contributed by atoms with E-state index in [4.69, 9.17) is 9.47 Å². The second kappa shape index (κ2) is 4.53. The summed E-state index contributed by atoms with van der Waals surface area (Å²) in [5.41, 5.74) is 0.457. The molecule has 0 saturated carbocycles. The molecular weight excluding hydrogens is 208 g/mol. The minimum absolute atomic E-state index is 0.278. The number of ether oxygens (including phenoxy) is 2. The normalized spacial score (nSPS) is 15.6. The summed E-state index contributed by atoms with van der Waals surface area (Å²) in [6, 6.07) is 4.97. The van der Waals surface area contributed by atoms with Crippen LogP contribution in [0.1, 0.15) is 23.7 Å². The van der Waals surface area contributed by atoms with Crippen molar-refractivity contribution in [2.45, 2.75) is 19.4 Å². The summed E-state index contributed by atoms with van der Waals surface area (Å²) in [6.45, 7) is 2.78. The van der Waals surface area contributed by atoms with Crippen molar-refractivity contribution in [3.63, 3.8) is 0 Å². The second-order valence-electron chi connectivity index (χ2n) is 3.65. The number of hydrogen-bond acceptors (Lipinski definition) is 4. The first-order chi connectivity index (χ1) is 7.72. The lowest BCUT2D eigenvalue weighted by molar-refractivity contribution is 0.0739. The predicted octanol–water partition coefficient (Wildman–Crippen LogP) is 1.41. The molecule has 0 fully saturated rings. The summed E-state index contributed by atoms with van der Waals surface area (Å²) in [6.07, 6.45) is -0.532. The second-order valence-corrected chi connectivity index (χ2v) is 3.65. The molecule has 0 amide bonds. The van der Waals surface area contributed by atoms with Crippen LogP contribution in [-0.2, 0) is 0 Å². The Bertz CT molecular complexity index is 400. The molecule has 2 rings (SSSR count). The molecule has 1 heterocycles. The largest absolute Gasteiger partial charge is 0.486 e.